The molecule has 8 nitrogen and oxygen atoms in total. The van der Waals surface area contributed by atoms with E-state index in [1.165, 1.54) is 0 Å². The average Bonchev–Trinajstić information content (AvgIpc) is 2.85. The Kier molecular flexibility index (Phi) is 11.6. The summed E-state index contributed by atoms with van der Waals surface area (Å²) in [7, 11) is 3.24. The molecule has 0 heterocycles. The molecular weight excluding hydrogens is 508 g/mol. The first-order valence-corrected chi connectivity index (χ1v) is 13.9. The van der Waals surface area contributed by atoms with Gasteiger partial charge in [-0.1, -0.05) is 59.1 Å². The highest BCUT2D eigenvalue weighted by Gasteiger charge is 2.39. The standard InChI is InChI=1S/C32H46N2O6/c1-10-11-12-16-25(24-18-17-23(38-8)20-26(24)39-9)27(31(2,3)4)29(36)33-22-15-13-14-21(19-22)28(35)34-30(37)40-32(5,6)7/h13-15,17-20,25,27H,10-12,16H2,1-9H3,(H,33,36)(H,34,35,37). The van der Waals surface area contributed by atoms with Gasteiger partial charge in [0.05, 0.1) is 20.1 Å². The van der Waals surface area contributed by atoms with Crippen molar-refractivity contribution in [3.63, 3.8) is 0 Å². The molecular formula is C32H46N2O6. The number of hydrogen-bond acceptors (Lipinski definition) is 6. The Hall–Kier alpha value is -3.55. The Morgan fingerprint density at radius 3 is 2.17 bits per heavy atom. The summed E-state index contributed by atoms with van der Waals surface area (Å²) in [5.74, 6) is 0.0708. The minimum absolute atomic E-state index is 0.119. The normalized spacial score (nSPS) is 13.1. The third kappa shape index (κ3) is 9.57. The van der Waals surface area contributed by atoms with E-state index >= 15 is 0 Å². The van der Waals surface area contributed by atoms with Gasteiger partial charge in [0.2, 0.25) is 5.91 Å². The van der Waals surface area contributed by atoms with E-state index in [0.717, 1.165) is 31.2 Å². The van der Waals surface area contributed by atoms with E-state index in [-0.39, 0.29) is 17.4 Å². The maximum absolute atomic E-state index is 14.0. The van der Waals surface area contributed by atoms with Crippen molar-refractivity contribution in [3.8, 4) is 11.5 Å². The summed E-state index contributed by atoms with van der Waals surface area (Å²) < 4.78 is 16.3. The molecule has 0 aliphatic rings. The highest BCUT2D eigenvalue weighted by Crippen LogP contribution is 2.45. The lowest BCUT2D eigenvalue weighted by Gasteiger charge is -2.37. The first kappa shape index (κ1) is 32.7. The summed E-state index contributed by atoms with van der Waals surface area (Å²) >= 11 is 0. The van der Waals surface area contributed by atoms with Crippen molar-refractivity contribution in [1.29, 1.82) is 0 Å². The van der Waals surface area contributed by atoms with Crippen molar-refractivity contribution in [2.24, 2.45) is 11.3 Å². The van der Waals surface area contributed by atoms with Gasteiger partial charge < -0.3 is 19.5 Å². The predicted molar refractivity (Wildman–Crippen MR) is 158 cm³/mol. The monoisotopic (exact) mass is 554 g/mol. The molecule has 0 saturated carbocycles. The zero-order valence-corrected chi connectivity index (χ0v) is 25.5. The van der Waals surface area contributed by atoms with Gasteiger partial charge in [-0.25, -0.2) is 4.79 Å². The van der Waals surface area contributed by atoms with Crippen LogP contribution in [0.25, 0.3) is 0 Å². The van der Waals surface area contributed by atoms with Crippen LogP contribution in [0.3, 0.4) is 0 Å². The van der Waals surface area contributed by atoms with Gasteiger partial charge in [0, 0.05) is 17.3 Å². The molecule has 0 spiro atoms. The van der Waals surface area contributed by atoms with Gasteiger partial charge in [-0.2, -0.15) is 0 Å². The summed E-state index contributed by atoms with van der Waals surface area (Å²) in [6, 6.07) is 12.3. The Bertz CT molecular complexity index is 1160. The molecule has 220 valence electrons. The van der Waals surface area contributed by atoms with E-state index in [9.17, 15) is 14.4 Å². The number of carbonyl (C=O) groups is 3. The van der Waals surface area contributed by atoms with Crippen molar-refractivity contribution in [2.45, 2.75) is 85.7 Å². The van der Waals surface area contributed by atoms with E-state index in [1.807, 2.05) is 18.2 Å². The summed E-state index contributed by atoms with van der Waals surface area (Å²) in [6.07, 6.45) is 3.07. The number of nitrogens with one attached hydrogen (secondary N) is 2. The first-order valence-electron chi connectivity index (χ1n) is 13.9. The van der Waals surface area contributed by atoms with Crippen LogP contribution in [0.2, 0.25) is 0 Å². The van der Waals surface area contributed by atoms with Crippen molar-refractivity contribution >= 4 is 23.6 Å². The maximum atomic E-state index is 14.0. The number of benzene rings is 2. The quantitative estimate of drug-likeness (QED) is 0.282. The van der Waals surface area contributed by atoms with E-state index in [2.05, 4.69) is 38.3 Å². The largest absolute Gasteiger partial charge is 0.497 e. The van der Waals surface area contributed by atoms with E-state index in [0.29, 0.717) is 17.2 Å². The van der Waals surface area contributed by atoms with Crippen molar-refractivity contribution in [1.82, 2.24) is 5.32 Å². The smallest absolute Gasteiger partial charge is 0.414 e. The Morgan fingerprint density at radius 1 is 0.900 bits per heavy atom. The second kappa shape index (κ2) is 14.2. The van der Waals surface area contributed by atoms with Gasteiger partial charge >= 0.3 is 6.09 Å². The van der Waals surface area contributed by atoms with Crippen molar-refractivity contribution in [3.05, 3.63) is 53.6 Å². The van der Waals surface area contributed by atoms with Crippen LogP contribution in [-0.2, 0) is 9.53 Å². The number of anilines is 1. The second-order valence-electron chi connectivity index (χ2n) is 12.1. The van der Waals surface area contributed by atoms with Crippen LogP contribution in [0.1, 0.15) is 96.0 Å². The molecule has 2 unspecified atom stereocenters. The van der Waals surface area contributed by atoms with Gasteiger partial charge in [-0.05, 0) is 68.4 Å². The Balaban J connectivity index is 2.39. The van der Waals surface area contributed by atoms with Crippen LogP contribution < -0.4 is 20.1 Å². The summed E-state index contributed by atoms with van der Waals surface area (Å²) in [4.78, 5) is 38.8. The molecule has 0 aliphatic carbocycles. The van der Waals surface area contributed by atoms with Crippen LogP contribution in [0, 0.1) is 11.3 Å². The lowest BCUT2D eigenvalue weighted by atomic mass is 9.68. The molecule has 0 aliphatic heterocycles. The number of hydrogen-bond donors (Lipinski definition) is 2. The van der Waals surface area contributed by atoms with Crippen LogP contribution >= 0.6 is 0 Å². The minimum Gasteiger partial charge on any atom is -0.497 e. The molecule has 2 aromatic carbocycles. The van der Waals surface area contributed by atoms with Gasteiger partial charge in [-0.15, -0.1) is 0 Å². The third-order valence-electron chi connectivity index (χ3n) is 6.58. The number of methoxy groups -OCH3 is 2. The Morgan fingerprint density at radius 2 is 1.60 bits per heavy atom. The predicted octanol–water partition coefficient (Wildman–Crippen LogP) is 7.33. The maximum Gasteiger partial charge on any atom is 0.414 e. The topological polar surface area (TPSA) is 103 Å². The first-order chi connectivity index (χ1) is 18.7. The fourth-order valence-electron chi connectivity index (χ4n) is 4.85. The number of unbranched alkanes of at least 4 members (excludes halogenated alkanes) is 2. The zero-order valence-electron chi connectivity index (χ0n) is 25.5. The van der Waals surface area contributed by atoms with Crippen LogP contribution in [0.5, 0.6) is 11.5 Å². The molecule has 2 N–H and O–H groups in total. The molecule has 40 heavy (non-hydrogen) atoms. The molecule has 2 aromatic rings. The highest BCUT2D eigenvalue weighted by atomic mass is 16.6. The Labute approximate surface area is 239 Å². The second-order valence-corrected chi connectivity index (χ2v) is 12.1. The molecule has 2 rings (SSSR count). The van der Waals surface area contributed by atoms with E-state index < -0.39 is 28.9 Å². The number of amides is 3. The van der Waals surface area contributed by atoms with Gasteiger partial charge in [0.25, 0.3) is 5.91 Å². The third-order valence-corrected chi connectivity index (χ3v) is 6.58. The molecule has 0 bridgehead atoms. The van der Waals surface area contributed by atoms with Crippen LogP contribution in [-0.4, -0.2) is 37.7 Å². The summed E-state index contributed by atoms with van der Waals surface area (Å²) in [5, 5.41) is 5.27. The van der Waals surface area contributed by atoms with Gasteiger partial charge in [-0.3, -0.25) is 14.9 Å². The lowest BCUT2D eigenvalue weighted by molar-refractivity contribution is -0.124. The van der Waals surface area contributed by atoms with Gasteiger partial charge in [0.1, 0.15) is 17.1 Å². The van der Waals surface area contributed by atoms with Crippen LogP contribution in [0.15, 0.2) is 42.5 Å². The fourth-order valence-corrected chi connectivity index (χ4v) is 4.85. The molecule has 3 amide bonds. The SMILES string of the molecule is CCCCCC(c1ccc(OC)cc1OC)C(C(=O)Nc1cccc(C(=O)NC(=O)OC(C)(C)C)c1)C(C)(C)C. The van der Waals surface area contributed by atoms with E-state index in [1.54, 1.807) is 59.3 Å². The molecule has 0 saturated heterocycles. The van der Waals surface area contributed by atoms with Gasteiger partial charge in [0.15, 0.2) is 0 Å². The average molecular weight is 555 g/mol. The van der Waals surface area contributed by atoms with Crippen molar-refractivity contribution < 1.29 is 28.6 Å². The molecule has 0 radical (unpaired) electrons. The minimum atomic E-state index is -0.830. The summed E-state index contributed by atoms with van der Waals surface area (Å²) in [6.45, 7) is 13.5. The number of imide groups is 1. The van der Waals surface area contributed by atoms with E-state index in [4.69, 9.17) is 14.2 Å². The molecule has 2 atom stereocenters. The lowest BCUT2D eigenvalue weighted by Crippen LogP contribution is -2.38. The number of alkyl carbamates (subject to hydrolysis) is 1. The van der Waals surface area contributed by atoms with Crippen LogP contribution in [0.4, 0.5) is 10.5 Å². The summed E-state index contributed by atoms with van der Waals surface area (Å²) in [5.41, 5.74) is 0.525. The number of ether oxygens (including phenoxy) is 3. The number of carbonyl (C=O) groups excluding carboxylic acids is 3. The molecule has 0 fully saturated rings. The molecule has 8 heteroatoms. The number of rotatable bonds is 11. The van der Waals surface area contributed by atoms with Crippen molar-refractivity contribution in [2.75, 3.05) is 19.5 Å². The fraction of sp³-hybridized carbons (Fsp3) is 0.531. The highest BCUT2D eigenvalue weighted by molar-refractivity contribution is 6.04. The molecule has 0 aromatic heterocycles. The zero-order chi connectivity index (χ0) is 30.1.